The van der Waals surface area contributed by atoms with Gasteiger partial charge in [-0.3, -0.25) is 25.3 Å². The molecule has 1 heterocycles. The summed E-state index contributed by atoms with van der Waals surface area (Å²) >= 11 is 0. The van der Waals surface area contributed by atoms with Crippen molar-refractivity contribution in [3.63, 3.8) is 0 Å². The van der Waals surface area contributed by atoms with Crippen molar-refractivity contribution in [2.75, 3.05) is 40.0 Å². The Morgan fingerprint density at radius 3 is 2.44 bits per heavy atom. The number of aryl methyl sites for hydroxylation is 1. The molecule has 0 radical (unpaired) electrons. The first kappa shape index (κ1) is 29.1. The van der Waals surface area contributed by atoms with E-state index in [0.717, 1.165) is 10.5 Å². The second-order valence-electron chi connectivity index (χ2n) is 8.06. The van der Waals surface area contributed by atoms with Crippen LogP contribution in [0.3, 0.4) is 0 Å². The Bertz CT molecular complexity index is 885. The van der Waals surface area contributed by atoms with Gasteiger partial charge in [-0.25, -0.2) is 19.3 Å². The van der Waals surface area contributed by atoms with Crippen LogP contribution in [0.25, 0.3) is 0 Å². The molecule has 1 fully saturated rings. The molecule has 3 atom stereocenters. The van der Waals surface area contributed by atoms with E-state index in [0.29, 0.717) is 11.3 Å². The number of urea groups is 1. The fourth-order valence-electron chi connectivity index (χ4n) is 3.56. The summed E-state index contributed by atoms with van der Waals surface area (Å²) in [5, 5.41) is 28.7. The van der Waals surface area contributed by atoms with Crippen LogP contribution in [-0.2, 0) is 35.1 Å². The summed E-state index contributed by atoms with van der Waals surface area (Å²) in [7, 11) is 1.40. The molecule has 3 amide bonds. The molecule has 3 unspecified atom stereocenters. The van der Waals surface area contributed by atoms with Gasteiger partial charge < -0.3 is 19.5 Å². The van der Waals surface area contributed by atoms with E-state index in [1.807, 2.05) is 30.3 Å². The molecule has 1 aliphatic heterocycles. The maximum Gasteiger partial charge on any atom is 0.328 e. The number of amides is 3. The van der Waals surface area contributed by atoms with Crippen LogP contribution in [0.2, 0.25) is 0 Å². The van der Waals surface area contributed by atoms with Gasteiger partial charge in [0.15, 0.2) is 6.04 Å². The number of carboxylic acids is 1. The Balaban J connectivity index is 1.98. The molecule has 2 rings (SSSR count). The van der Waals surface area contributed by atoms with Gasteiger partial charge in [0.25, 0.3) is 0 Å². The lowest BCUT2D eigenvalue weighted by atomic mass is 10.0. The second-order valence-corrected chi connectivity index (χ2v) is 8.06. The summed E-state index contributed by atoms with van der Waals surface area (Å²) in [6, 6.07) is 5.34. The average molecular weight is 513 g/mol. The van der Waals surface area contributed by atoms with Gasteiger partial charge in [0.1, 0.15) is 12.6 Å². The number of hydrogen-bond acceptors (Lipinski definition) is 11. The van der Waals surface area contributed by atoms with Crippen LogP contribution in [0, 0.1) is 0 Å². The van der Waals surface area contributed by atoms with E-state index in [2.05, 4.69) is 10.2 Å². The summed E-state index contributed by atoms with van der Waals surface area (Å²) in [5.41, 5.74) is 0.962. The maximum absolute atomic E-state index is 13.0. The number of carboxylic acid groups (broad SMARTS) is 1. The molecule has 1 aliphatic rings. The van der Waals surface area contributed by atoms with Gasteiger partial charge in [0.2, 0.25) is 5.91 Å². The van der Waals surface area contributed by atoms with Crippen LogP contribution >= 0.6 is 0 Å². The van der Waals surface area contributed by atoms with Gasteiger partial charge in [0, 0.05) is 7.05 Å². The smallest absolute Gasteiger partial charge is 0.328 e. The number of rotatable bonds is 15. The second kappa shape index (κ2) is 14.4. The third kappa shape index (κ3) is 8.82. The van der Waals surface area contributed by atoms with Gasteiger partial charge >= 0.3 is 18.0 Å². The number of carbonyl (C=O) groups is 4. The highest BCUT2D eigenvalue weighted by Gasteiger charge is 2.45. The lowest BCUT2D eigenvalue weighted by Crippen LogP contribution is -2.54. The number of imide groups is 1. The van der Waals surface area contributed by atoms with E-state index in [1.54, 1.807) is 0 Å². The van der Waals surface area contributed by atoms with Gasteiger partial charge in [-0.05, 0) is 25.3 Å². The predicted octanol–water partition coefficient (Wildman–Crippen LogP) is -0.115. The monoisotopic (exact) mass is 512 g/mol. The van der Waals surface area contributed by atoms with Crippen LogP contribution < -0.4 is 5.32 Å². The number of esters is 1. The summed E-state index contributed by atoms with van der Waals surface area (Å²) < 4.78 is 10.4. The lowest BCUT2D eigenvalue weighted by Gasteiger charge is -2.26. The van der Waals surface area contributed by atoms with Crippen LogP contribution in [0.5, 0.6) is 0 Å². The highest BCUT2D eigenvalue weighted by molar-refractivity contribution is 6.02. The van der Waals surface area contributed by atoms with E-state index < -0.39 is 47.4 Å². The molecule has 14 heteroatoms. The summed E-state index contributed by atoms with van der Waals surface area (Å²) in [6.07, 6.45) is 0.762. The van der Waals surface area contributed by atoms with E-state index in [9.17, 15) is 24.3 Å². The molecule has 14 nitrogen and oxygen atoms in total. The van der Waals surface area contributed by atoms with Crippen molar-refractivity contribution in [3.05, 3.63) is 35.9 Å². The van der Waals surface area contributed by atoms with Crippen molar-refractivity contribution in [2.45, 2.75) is 37.9 Å². The zero-order valence-corrected chi connectivity index (χ0v) is 20.1. The molecule has 0 spiro atoms. The number of ether oxygens (including phenoxy) is 2. The number of benzene rings is 1. The van der Waals surface area contributed by atoms with Gasteiger partial charge in [-0.1, -0.05) is 30.3 Å². The molecule has 200 valence electrons. The van der Waals surface area contributed by atoms with Crippen molar-refractivity contribution < 1.29 is 49.0 Å². The summed E-state index contributed by atoms with van der Waals surface area (Å²) in [5.74, 6) is -2.72. The SMILES string of the molecule is CC(NC(CCc1ccccc1)C(=O)OCCOCCON(O)O)C(=O)N1C(=O)N(C)CC1C(=O)O. The molecule has 0 bridgehead atoms. The minimum absolute atomic E-state index is 0.0133. The molecule has 1 saturated heterocycles. The molecule has 0 aliphatic carbocycles. The minimum atomic E-state index is -1.32. The van der Waals surface area contributed by atoms with Crippen molar-refractivity contribution in [2.24, 2.45) is 0 Å². The molecule has 4 N–H and O–H groups in total. The van der Waals surface area contributed by atoms with Crippen LogP contribution in [-0.4, -0.2) is 113 Å². The Kier molecular flexibility index (Phi) is 11.7. The number of nitrogens with one attached hydrogen (secondary N) is 1. The largest absolute Gasteiger partial charge is 0.480 e. The van der Waals surface area contributed by atoms with Crippen LogP contribution in [0.1, 0.15) is 18.9 Å². The van der Waals surface area contributed by atoms with Gasteiger partial charge in [-0.15, -0.1) is 0 Å². The quantitative estimate of drug-likeness (QED) is 0.139. The standard InChI is InChI=1S/C22H32N4O10/c1-15(19(27)25-18(20(28)29)14-24(2)22(25)31)23-17(9-8-16-6-4-3-5-7-16)21(30)35-12-10-34-11-13-36-26(32)33/h3-7,15,17-18,23,32-33H,8-14H2,1-2H3,(H,28,29). The first-order valence-electron chi connectivity index (χ1n) is 11.3. The molecule has 0 aromatic heterocycles. The number of aliphatic carboxylic acids is 1. The number of nitrogens with zero attached hydrogens (tertiary/aromatic N) is 3. The zero-order valence-electron chi connectivity index (χ0n) is 20.1. The summed E-state index contributed by atoms with van der Waals surface area (Å²) in [6.45, 7) is 1.10. The zero-order chi connectivity index (χ0) is 26.7. The maximum atomic E-state index is 13.0. The number of hydrogen-bond donors (Lipinski definition) is 4. The van der Waals surface area contributed by atoms with Crippen LogP contribution in [0.15, 0.2) is 30.3 Å². The van der Waals surface area contributed by atoms with Crippen molar-refractivity contribution in [3.8, 4) is 0 Å². The van der Waals surface area contributed by atoms with Gasteiger partial charge in [0.05, 0.1) is 37.8 Å². The van der Waals surface area contributed by atoms with Crippen LogP contribution in [0.4, 0.5) is 4.79 Å². The molecular weight excluding hydrogens is 480 g/mol. The minimum Gasteiger partial charge on any atom is -0.480 e. The third-order valence-electron chi connectivity index (χ3n) is 5.39. The highest BCUT2D eigenvalue weighted by atomic mass is 17.1. The predicted molar refractivity (Wildman–Crippen MR) is 121 cm³/mol. The summed E-state index contributed by atoms with van der Waals surface area (Å²) in [4.78, 5) is 55.9. The van der Waals surface area contributed by atoms with E-state index in [-0.39, 0.29) is 39.4 Å². The lowest BCUT2D eigenvalue weighted by molar-refractivity contribution is -0.493. The van der Waals surface area contributed by atoms with E-state index >= 15 is 0 Å². The van der Waals surface area contributed by atoms with Gasteiger partial charge in [-0.2, -0.15) is 0 Å². The molecule has 1 aromatic carbocycles. The Hall–Kier alpha value is -3.14. The first-order valence-corrected chi connectivity index (χ1v) is 11.3. The van der Waals surface area contributed by atoms with Crippen molar-refractivity contribution >= 4 is 23.9 Å². The number of carbonyl (C=O) groups excluding carboxylic acids is 3. The third-order valence-corrected chi connectivity index (χ3v) is 5.39. The first-order chi connectivity index (χ1) is 17.1. The molecule has 0 saturated carbocycles. The fraction of sp³-hybridized carbons (Fsp3) is 0.545. The molecule has 1 aromatic rings. The van der Waals surface area contributed by atoms with Crippen molar-refractivity contribution in [1.29, 1.82) is 0 Å². The van der Waals surface area contributed by atoms with Crippen molar-refractivity contribution in [1.82, 2.24) is 20.5 Å². The number of likely N-dealkylation sites (N-methyl/N-ethyl adjacent to an activating group) is 1. The Morgan fingerprint density at radius 1 is 1.14 bits per heavy atom. The molecular formula is C22H32N4O10. The Morgan fingerprint density at radius 2 is 1.81 bits per heavy atom. The Labute approximate surface area is 207 Å². The van der Waals surface area contributed by atoms with E-state index in [1.165, 1.54) is 14.0 Å². The normalized spacial score (nSPS) is 17.4. The highest BCUT2D eigenvalue weighted by Crippen LogP contribution is 2.17. The topological polar surface area (TPSA) is 178 Å². The average Bonchev–Trinajstić information content (AvgIpc) is 3.15. The van der Waals surface area contributed by atoms with E-state index in [4.69, 9.17) is 19.9 Å². The fourth-order valence-corrected chi connectivity index (χ4v) is 3.56. The molecule has 36 heavy (non-hydrogen) atoms.